The molecule has 0 aliphatic carbocycles. The van der Waals surface area contributed by atoms with Crippen LogP contribution >= 0.6 is 23.2 Å². The van der Waals surface area contributed by atoms with E-state index in [4.69, 9.17) is 28.9 Å². The van der Waals surface area contributed by atoms with Crippen molar-refractivity contribution in [1.82, 2.24) is 9.55 Å². The van der Waals surface area contributed by atoms with Crippen molar-refractivity contribution in [2.24, 2.45) is 5.73 Å². The summed E-state index contributed by atoms with van der Waals surface area (Å²) in [5, 5.41) is 0.644. The van der Waals surface area contributed by atoms with Crippen molar-refractivity contribution in [2.75, 3.05) is 5.88 Å². The molecule has 96 valence electrons. The van der Waals surface area contributed by atoms with Crippen LogP contribution in [0.4, 0.5) is 0 Å². The smallest absolute Gasteiger partial charge is 0.237 e. The molecule has 2 aromatic rings. The number of imidazole rings is 1. The molecule has 1 heterocycles. The lowest BCUT2D eigenvalue weighted by Crippen LogP contribution is -2.20. The van der Waals surface area contributed by atoms with Gasteiger partial charge in [-0.2, -0.15) is 0 Å². The molecule has 2 N–H and O–H groups in total. The minimum absolute atomic E-state index is 0.0872. The van der Waals surface area contributed by atoms with Crippen molar-refractivity contribution < 1.29 is 4.79 Å². The monoisotopic (exact) mass is 285 g/mol. The van der Waals surface area contributed by atoms with Crippen molar-refractivity contribution in [3.63, 3.8) is 0 Å². The van der Waals surface area contributed by atoms with Gasteiger partial charge in [0, 0.05) is 17.3 Å². The van der Waals surface area contributed by atoms with Crippen LogP contribution in [0.1, 0.15) is 11.4 Å². The molecule has 18 heavy (non-hydrogen) atoms. The van der Waals surface area contributed by atoms with Gasteiger partial charge in [-0.25, -0.2) is 4.98 Å². The maximum absolute atomic E-state index is 11.2. The summed E-state index contributed by atoms with van der Waals surface area (Å²) in [7, 11) is 0. The Kier molecular flexibility index (Phi) is 3.78. The molecular weight excluding hydrogens is 273 g/mol. The Morgan fingerprint density at radius 3 is 2.83 bits per heavy atom. The normalized spacial score (nSPS) is 11.1. The van der Waals surface area contributed by atoms with Crippen LogP contribution < -0.4 is 5.73 Å². The van der Waals surface area contributed by atoms with E-state index in [1.54, 1.807) is 10.6 Å². The molecule has 1 amide bonds. The fourth-order valence-corrected chi connectivity index (χ4v) is 2.34. The summed E-state index contributed by atoms with van der Waals surface area (Å²) >= 11 is 11.8. The molecule has 0 radical (unpaired) electrons. The molecule has 1 aromatic heterocycles. The minimum Gasteiger partial charge on any atom is -0.368 e. The van der Waals surface area contributed by atoms with Crippen LogP contribution in [0.3, 0.4) is 0 Å². The molecule has 0 saturated carbocycles. The Morgan fingerprint density at radius 2 is 2.22 bits per heavy atom. The Balaban J connectivity index is 2.70. The number of halogens is 2. The molecular formula is C12H13Cl2N3O. The van der Waals surface area contributed by atoms with E-state index >= 15 is 0 Å². The SMILES string of the molecule is Cc1c(Cl)ccc2nc(CCCl)n(CC(N)=O)c12. The Morgan fingerprint density at radius 1 is 1.50 bits per heavy atom. The number of fused-ring (bicyclic) bond motifs is 1. The zero-order chi connectivity index (χ0) is 13.3. The fourth-order valence-electron chi connectivity index (χ4n) is 2.02. The number of aryl methyl sites for hydroxylation is 2. The number of nitrogens with two attached hydrogens (primary N) is 1. The van der Waals surface area contributed by atoms with Crippen molar-refractivity contribution in [1.29, 1.82) is 0 Å². The molecule has 6 heteroatoms. The standard InChI is InChI=1S/C12H13Cl2N3O/c1-7-8(14)2-3-9-12(7)17(6-10(15)18)11(16-9)4-5-13/h2-3H,4-6H2,1H3,(H2,15,18). The average molecular weight is 286 g/mol. The topological polar surface area (TPSA) is 60.9 Å². The predicted octanol–water partition coefficient (Wildman–Crippen LogP) is 2.26. The number of primary amides is 1. The number of alkyl halides is 1. The van der Waals surface area contributed by atoms with Crippen LogP contribution in [0, 0.1) is 6.92 Å². The zero-order valence-corrected chi connectivity index (χ0v) is 11.4. The second-order valence-corrected chi connectivity index (χ2v) is 4.84. The summed E-state index contributed by atoms with van der Waals surface area (Å²) in [6.45, 7) is 1.98. The highest BCUT2D eigenvalue weighted by atomic mass is 35.5. The molecule has 0 aliphatic rings. The summed E-state index contributed by atoms with van der Waals surface area (Å²) in [5.41, 5.74) is 7.82. The number of nitrogens with zero attached hydrogens (tertiary/aromatic N) is 2. The Bertz CT molecular complexity index is 607. The number of amides is 1. The highest BCUT2D eigenvalue weighted by Crippen LogP contribution is 2.26. The number of carbonyl (C=O) groups excluding carboxylic acids is 1. The van der Waals surface area contributed by atoms with Crippen molar-refractivity contribution in [3.05, 3.63) is 28.5 Å². The van der Waals surface area contributed by atoms with Crippen molar-refractivity contribution in [3.8, 4) is 0 Å². The number of hydrogen-bond acceptors (Lipinski definition) is 2. The lowest BCUT2D eigenvalue weighted by molar-refractivity contribution is -0.118. The first-order valence-electron chi connectivity index (χ1n) is 5.53. The van der Waals surface area contributed by atoms with Crippen LogP contribution in [0.15, 0.2) is 12.1 Å². The van der Waals surface area contributed by atoms with Crippen molar-refractivity contribution >= 4 is 40.1 Å². The van der Waals surface area contributed by atoms with Gasteiger partial charge < -0.3 is 10.3 Å². The van der Waals surface area contributed by atoms with E-state index in [-0.39, 0.29) is 6.54 Å². The summed E-state index contributed by atoms with van der Waals surface area (Å²) in [5.74, 6) is 0.781. The molecule has 0 bridgehead atoms. The zero-order valence-electron chi connectivity index (χ0n) is 9.91. The van der Waals surface area contributed by atoms with Gasteiger partial charge >= 0.3 is 0 Å². The third kappa shape index (κ3) is 2.31. The number of benzene rings is 1. The largest absolute Gasteiger partial charge is 0.368 e. The highest BCUT2D eigenvalue weighted by molar-refractivity contribution is 6.32. The lowest BCUT2D eigenvalue weighted by atomic mass is 10.2. The van der Waals surface area contributed by atoms with Gasteiger partial charge in [0.2, 0.25) is 5.91 Å². The van der Waals surface area contributed by atoms with E-state index in [0.29, 0.717) is 17.3 Å². The molecule has 0 saturated heterocycles. The summed E-state index contributed by atoms with van der Waals surface area (Å²) in [6, 6.07) is 3.63. The number of hydrogen-bond donors (Lipinski definition) is 1. The van der Waals surface area contributed by atoms with E-state index in [0.717, 1.165) is 22.4 Å². The second-order valence-electron chi connectivity index (χ2n) is 4.06. The molecule has 2 rings (SSSR count). The maximum Gasteiger partial charge on any atom is 0.237 e. The van der Waals surface area contributed by atoms with Gasteiger partial charge in [-0.15, -0.1) is 11.6 Å². The van der Waals surface area contributed by atoms with E-state index in [9.17, 15) is 4.79 Å². The van der Waals surface area contributed by atoms with Crippen LogP contribution in [-0.2, 0) is 17.8 Å². The van der Waals surface area contributed by atoms with Gasteiger partial charge in [0.15, 0.2) is 0 Å². The molecule has 4 nitrogen and oxygen atoms in total. The van der Waals surface area contributed by atoms with Gasteiger partial charge in [-0.1, -0.05) is 11.6 Å². The van der Waals surface area contributed by atoms with Crippen LogP contribution in [0.5, 0.6) is 0 Å². The van der Waals surface area contributed by atoms with Gasteiger partial charge in [0.05, 0.1) is 11.0 Å². The molecule has 0 spiro atoms. The Labute approximate surface area is 115 Å². The van der Waals surface area contributed by atoms with Gasteiger partial charge in [0.25, 0.3) is 0 Å². The molecule has 0 fully saturated rings. The maximum atomic E-state index is 11.2. The van der Waals surface area contributed by atoms with E-state index in [1.165, 1.54) is 0 Å². The van der Waals surface area contributed by atoms with Crippen molar-refractivity contribution in [2.45, 2.75) is 19.9 Å². The van der Waals surface area contributed by atoms with Crippen LogP contribution in [0.25, 0.3) is 11.0 Å². The van der Waals surface area contributed by atoms with Crippen LogP contribution in [0.2, 0.25) is 5.02 Å². The second kappa shape index (κ2) is 5.16. The van der Waals surface area contributed by atoms with E-state index < -0.39 is 5.91 Å². The lowest BCUT2D eigenvalue weighted by Gasteiger charge is -2.08. The molecule has 0 unspecified atom stereocenters. The first kappa shape index (κ1) is 13.2. The van der Waals surface area contributed by atoms with Gasteiger partial charge in [0.1, 0.15) is 12.4 Å². The Hall–Kier alpha value is -1.26. The number of rotatable bonds is 4. The van der Waals surface area contributed by atoms with E-state index in [2.05, 4.69) is 4.98 Å². The first-order valence-corrected chi connectivity index (χ1v) is 6.44. The van der Waals surface area contributed by atoms with Crippen LogP contribution in [-0.4, -0.2) is 21.3 Å². The summed E-state index contributed by atoms with van der Waals surface area (Å²) < 4.78 is 1.79. The minimum atomic E-state index is -0.413. The third-order valence-corrected chi connectivity index (χ3v) is 3.41. The van der Waals surface area contributed by atoms with Gasteiger partial charge in [-0.05, 0) is 24.6 Å². The number of carbonyl (C=O) groups is 1. The predicted molar refractivity (Wildman–Crippen MR) is 73.1 cm³/mol. The average Bonchev–Trinajstić information content (AvgIpc) is 2.63. The molecule has 1 aromatic carbocycles. The fraction of sp³-hybridized carbons (Fsp3) is 0.333. The highest BCUT2D eigenvalue weighted by Gasteiger charge is 2.15. The molecule has 0 aliphatic heterocycles. The number of aromatic nitrogens is 2. The summed E-state index contributed by atoms with van der Waals surface area (Å²) in [4.78, 5) is 15.6. The van der Waals surface area contributed by atoms with E-state index in [1.807, 2.05) is 13.0 Å². The first-order chi connectivity index (χ1) is 8.54. The molecule has 0 atom stereocenters. The quantitative estimate of drug-likeness (QED) is 0.876. The van der Waals surface area contributed by atoms with Gasteiger partial charge in [-0.3, -0.25) is 4.79 Å². The summed E-state index contributed by atoms with van der Waals surface area (Å²) in [6.07, 6.45) is 0.584. The third-order valence-electron chi connectivity index (χ3n) is 2.81.